The second kappa shape index (κ2) is 6.21. The van der Waals surface area contributed by atoms with E-state index in [1.54, 1.807) is 6.20 Å². The summed E-state index contributed by atoms with van der Waals surface area (Å²) in [5, 5.41) is 15.6. The number of aromatic nitrogens is 2. The topological polar surface area (TPSA) is 110 Å². The number of aryl methyl sites for hydroxylation is 1. The minimum Gasteiger partial charge on any atom is -0.723 e. The third-order valence-corrected chi connectivity index (χ3v) is 5.26. The van der Waals surface area contributed by atoms with Crippen LogP contribution >= 0.6 is 10.5 Å². The van der Waals surface area contributed by atoms with Gasteiger partial charge in [-0.25, -0.2) is 9.99 Å². The van der Waals surface area contributed by atoms with Crippen molar-refractivity contribution in [1.82, 2.24) is 15.0 Å². The number of hydrogen-bond donors (Lipinski definition) is 3. The van der Waals surface area contributed by atoms with Crippen molar-refractivity contribution in [3.63, 3.8) is 0 Å². The predicted molar refractivity (Wildman–Crippen MR) is 88.1 cm³/mol. The van der Waals surface area contributed by atoms with E-state index in [9.17, 15) is 5.21 Å². The van der Waals surface area contributed by atoms with Gasteiger partial charge in [0.05, 0.1) is 17.4 Å². The van der Waals surface area contributed by atoms with Crippen LogP contribution in [0.2, 0.25) is 0 Å². The zero-order valence-corrected chi connectivity index (χ0v) is 13.4. The van der Waals surface area contributed by atoms with E-state index in [-0.39, 0.29) is 16.4 Å². The highest BCUT2D eigenvalue weighted by Gasteiger charge is 2.22. The highest BCUT2D eigenvalue weighted by Crippen LogP contribution is 2.33. The second-order valence-electron chi connectivity index (χ2n) is 5.18. The Kier molecular flexibility index (Phi) is 4.56. The fourth-order valence-electron chi connectivity index (χ4n) is 1.95. The number of nitrogens with one attached hydrogen (secondary N) is 1. The lowest BCUT2D eigenvalue weighted by molar-refractivity contribution is -0.588. The molecular formula is C13H22N6OS. The Morgan fingerprint density at radius 3 is 2.81 bits per heavy atom. The summed E-state index contributed by atoms with van der Waals surface area (Å²) in [7, 11) is -0.121. The van der Waals surface area contributed by atoms with Gasteiger partial charge < -0.3 is 10.2 Å². The molecule has 0 bridgehead atoms. The lowest BCUT2D eigenvalue weighted by atomic mass is 10.2. The highest BCUT2D eigenvalue weighted by atomic mass is 32.2. The van der Waals surface area contributed by atoms with Crippen LogP contribution in [0.1, 0.15) is 31.8 Å². The number of guanidine groups is 1. The first-order valence-electron chi connectivity index (χ1n) is 6.84. The van der Waals surface area contributed by atoms with E-state index in [4.69, 9.17) is 11.5 Å². The summed E-state index contributed by atoms with van der Waals surface area (Å²) >= 11 is 0. The molecule has 0 aliphatic carbocycles. The Balaban J connectivity index is 2.36. The summed E-state index contributed by atoms with van der Waals surface area (Å²) in [4.78, 5) is 7.82. The number of hydrogen-bond acceptors (Lipinski definition) is 3. The van der Waals surface area contributed by atoms with Gasteiger partial charge in [0.15, 0.2) is 0 Å². The number of imidazole rings is 1. The Bertz CT molecular complexity index is 614. The predicted octanol–water partition coefficient (Wildman–Crippen LogP) is 1.11. The average molecular weight is 310 g/mol. The molecule has 0 fully saturated rings. The number of nitrogens with two attached hydrogens (primary N) is 2. The molecule has 2 heterocycles. The molecule has 7 nitrogen and oxygen atoms in total. The van der Waals surface area contributed by atoms with Gasteiger partial charge in [-0.3, -0.25) is 11.5 Å². The van der Waals surface area contributed by atoms with E-state index in [1.807, 2.05) is 12.4 Å². The first-order valence-corrected chi connectivity index (χ1v) is 8.36. The zero-order valence-electron chi connectivity index (χ0n) is 12.5. The fraction of sp³-hybridized carbons (Fsp3) is 0.462. The molecule has 0 saturated heterocycles. The molecule has 2 unspecified atom stereocenters. The summed E-state index contributed by atoms with van der Waals surface area (Å²) in [6.45, 7) is 6.23. The van der Waals surface area contributed by atoms with Gasteiger partial charge in [-0.2, -0.15) is 4.85 Å². The standard InChI is InChI=1S/C13H22N6OS/c1-4-9(2)6-21-7-12(11-5-16-10(3)17-11)18(8-21)19(20)13(14)15/h5,7-9H,4,6,14-15H2,1-3H3,(H,16,17). The first-order chi connectivity index (χ1) is 9.92. The number of nitrogens with zero attached hydrogens (tertiary/aromatic N) is 3. The summed E-state index contributed by atoms with van der Waals surface area (Å²) in [6, 6.07) is 0. The van der Waals surface area contributed by atoms with Crippen molar-refractivity contribution in [2.24, 2.45) is 17.4 Å². The summed E-state index contributed by atoms with van der Waals surface area (Å²) in [5.41, 5.74) is 14.3. The molecule has 1 aromatic heterocycles. The second-order valence-corrected chi connectivity index (χ2v) is 6.90. The minimum absolute atomic E-state index is 0.121. The number of rotatable bonds is 5. The molecule has 1 aromatic rings. The minimum atomic E-state index is -0.289. The van der Waals surface area contributed by atoms with E-state index >= 15 is 0 Å². The summed E-state index contributed by atoms with van der Waals surface area (Å²) < 4.78 is 0. The molecule has 5 N–H and O–H groups in total. The van der Waals surface area contributed by atoms with Crippen LogP contribution in [-0.4, -0.2) is 37.0 Å². The Morgan fingerprint density at radius 2 is 2.29 bits per heavy atom. The van der Waals surface area contributed by atoms with Crippen LogP contribution in [0.5, 0.6) is 0 Å². The van der Waals surface area contributed by atoms with Crippen molar-refractivity contribution >= 4 is 27.6 Å². The molecule has 1 aliphatic rings. The van der Waals surface area contributed by atoms with Crippen LogP contribution in [0.4, 0.5) is 0 Å². The molecule has 2 rings (SSSR count). The summed E-state index contributed by atoms with van der Waals surface area (Å²) in [6.07, 6.45) is 2.81. The van der Waals surface area contributed by atoms with Gasteiger partial charge in [-0.05, 0) is 24.0 Å². The number of hydrazine groups is 1. The molecular weight excluding hydrogens is 288 g/mol. The Hall–Kier alpha value is -1.96. The zero-order chi connectivity index (χ0) is 15.6. The number of aromatic amines is 1. The molecule has 1 aliphatic heterocycles. The van der Waals surface area contributed by atoms with Gasteiger partial charge in [-0.15, -0.1) is 10.5 Å². The lowest BCUT2D eigenvalue weighted by Gasteiger charge is -2.24. The van der Waals surface area contributed by atoms with Crippen LogP contribution in [0.25, 0.3) is 5.70 Å². The normalized spacial score (nSPS) is 19.1. The maximum atomic E-state index is 12.1. The molecule has 8 heteroatoms. The molecule has 0 spiro atoms. The third kappa shape index (κ3) is 3.38. The van der Waals surface area contributed by atoms with Gasteiger partial charge in [0.25, 0.3) is 0 Å². The van der Waals surface area contributed by atoms with Crippen LogP contribution < -0.4 is 11.5 Å². The van der Waals surface area contributed by atoms with Gasteiger partial charge in [0.2, 0.25) is 0 Å². The molecule has 0 saturated carbocycles. The third-order valence-electron chi connectivity index (χ3n) is 3.31. The van der Waals surface area contributed by atoms with E-state index in [2.05, 4.69) is 29.2 Å². The van der Waals surface area contributed by atoms with Crippen LogP contribution in [0.15, 0.2) is 11.6 Å². The number of H-pyrrole nitrogens is 1. The maximum Gasteiger partial charge on any atom is 0.364 e. The van der Waals surface area contributed by atoms with Gasteiger partial charge in [0.1, 0.15) is 11.5 Å². The first kappa shape index (κ1) is 15.4. The van der Waals surface area contributed by atoms with Gasteiger partial charge >= 0.3 is 5.96 Å². The van der Waals surface area contributed by atoms with E-state index in [0.717, 1.165) is 29.4 Å². The van der Waals surface area contributed by atoms with Gasteiger partial charge in [-0.1, -0.05) is 20.3 Å². The molecule has 2 atom stereocenters. The largest absolute Gasteiger partial charge is 0.723 e. The quantitative estimate of drug-likeness (QED) is 0.188. The number of hydrazone groups is 1. The van der Waals surface area contributed by atoms with Crippen molar-refractivity contribution in [3.8, 4) is 0 Å². The Labute approximate surface area is 126 Å². The van der Waals surface area contributed by atoms with Crippen molar-refractivity contribution in [2.75, 3.05) is 5.75 Å². The molecule has 0 aromatic carbocycles. The smallest absolute Gasteiger partial charge is 0.364 e. The Morgan fingerprint density at radius 1 is 1.57 bits per heavy atom. The maximum absolute atomic E-state index is 12.1. The monoisotopic (exact) mass is 310 g/mol. The molecule has 0 amide bonds. The molecule has 0 radical (unpaired) electrons. The van der Waals surface area contributed by atoms with Crippen molar-refractivity contribution < 1.29 is 4.85 Å². The van der Waals surface area contributed by atoms with E-state index in [0.29, 0.717) is 10.8 Å². The summed E-state index contributed by atoms with van der Waals surface area (Å²) in [5.74, 6) is 2.09. The fourth-order valence-corrected chi connectivity index (χ4v) is 4.07. The molecule has 116 valence electrons. The van der Waals surface area contributed by atoms with Crippen molar-refractivity contribution in [3.05, 3.63) is 28.3 Å². The average Bonchev–Trinajstić information content (AvgIpc) is 3.03. The van der Waals surface area contributed by atoms with Crippen LogP contribution in [0, 0.1) is 18.0 Å². The van der Waals surface area contributed by atoms with Crippen LogP contribution in [-0.2, 0) is 0 Å². The van der Waals surface area contributed by atoms with E-state index < -0.39 is 0 Å². The van der Waals surface area contributed by atoms with Crippen molar-refractivity contribution in [1.29, 1.82) is 0 Å². The van der Waals surface area contributed by atoms with Crippen molar-refractivity contribution in [2.45, 2.75) is 27.2 Å². The van der Waals surface area contributed by atoms with Crippen LogP contribution in [0.3, 0.4) is 0 Å². The highest BCUT2D eigenvalue weighted by molar-refractivity contribution is 8.17. The van der Waals surface area contributed by atoms with Gasteiger partial charge in [0, 0.05) is 0 Å². The molecule has 21 heavy (non-hydrogen) atoms. The van der Waals surface area contributed by atoms with E-state index in [1.165, 1.54) is 5.01 Å². The SMILES string of the molecule is CCC(C)CS1=CN([N+]([O-])=C(N)N)C(c2cnc(C)[nH]2)=C1. The lowest BCUT2D eigenvalue weighted by Crippen LogP contribution is -2.40.